The number of rotatable bonds is 8. The van der Waals surface area contributed by atoms with Gasteiger partial charge in [-0.1, -0.05) is 45.0 Å². The summed E-state index contributed by atoms with van der Waals surface area (Å²) in [6.45, 7) is 8.85. The van der Waals surface area contributed by atoms with Gasteiger partial charge in [0.25, 0.3) is 0 Å². The normalized spacial score (nSPS) is 19.0. The molecule has 0 saturated heterocycles. The fraction of sp³-hybridized carbons (Fsp3) is 0.529. The average molecular weight is 326 g/mol. The zero-order valence-electron chi connectivity index (χ0n) is 13.4. The molecule has 0 amide bonds. The minimum atomic E-state index is -3.45. The van der Waals surface area contributed by atoms with Gasteiger partial charge >= 0.3 is 0 Å². The highest BCUT2D eigenvalue weighted by Gasteiger charge is 2.32. The molecule has 5 heteroatoms. The van der Waals surface area contributed by atoms with Crippen LogP contribution in [0.4, 0.5) is 0 Å². The van der Waals surface area contributed by atoms with Crippen LogP contribution in [0.5, 0.6) is 0 Å². The fourth-order valence-corrected chi connectivity index (χ4v) is 4.16. The molecular formula is C17H26O4S. The maximum atomic E-state index is 12.3. The molecule has 124 valence electrons. The van der Waals surface area contributed by atoms with Gasteiger partial charge in [0.15, 0.2) is 9.84 Å². The van der Waals surface area contributed by atoms with Gasteiger partial charge in [-0.25, -0.2) is 8.42 Å². The molecule has 5 atom stereocenters. The smallest absolute Gasteiger partial charge is 0.178 e. The van der Waals surface area contributed by atoms with E-state index in [9.17, 15) is 18.6 Å². The Morgan fingerprint density at radius 1 is 1.09 bits per heavy atom. The van der Waals surface area contributed by atoms with Gasteiger partial charge < -0.3 is 10.2 Å². The van der Waals surface area contributed by atoms with Gasteiger partial charge in [0.2, 0.25) is 0 Å². The molecule has 0 bridgehead atoms. The number of aliphatic hydroxyl groups excluding tert-OH is 2. The fourth-order valence-electron chi connectivity index (χ4n) is 2.51. The molecule has 1 rings (SSSR count). The van der Waals surface area contributed by atoms with Gasteiger partial charge in [0, 0.05) is 11.8 Å². The molecule has 0 aromatic heterocycles. The van der Waals surface area contributed by atoms with Crippen molar-refractivity contribution in [3.05, 3.63) is 43.0 Å². The number of aliphatic hydroxyl groups is 2. The van der Waals surface area contributed by atoms with E-state index in [2.05, 4.69) is 6.58 Å². The van der Waals surface area contributed by atoms with E-state index in [1.807, 2.05) is 6.92 Å². The molecule has 22 heavy (non-hydrogen) atoms. The second-order valence-electron chi connectivity index (χ2n) is 6.01. The van der Waals surface area contributed by atoms with Crippen LogP contribution in [-0.2, 0) is 9.84 Å². The molecular weight excluding hydrogens is 300 g/mol. The largest absolute Gasteiger partial charge is 0.392 e. The van der Waals surface area contributed by atoms with Gasteiger partial charge in [-0.2, -0.15) is 0 Å². The minimum Gasteiger partial charge on any atom is -0.392 e. The van der Waals surface area contributed by atoms with Gasteiger partial charge in [-0.05, 0) is 18.1 Å². The Morgan fingerprint density at radius 3 is 2.14 bits per heavy atom. The Morgan fingerprint density at radius 2 is 1.64 bits per heavy atom. The highest BCUT2D eigenvalue weighted by molar-refractivity contribution is 7.91. The number of sulfone groups is 1. The van der Waals surface area contributed by atoms with E-state index in [-0.39, 0.29) is 16.6 Å². The summed E-state index contributed by atoms with van der Waals surface area (Å²) in [5.41, 5.74) is 0. The molecule has 2 unspecified atom stereocenters. The quantitative estimate of drug-likeness (QED) is 0.719. The van der Waals surface area contributed by atoms with Crippen LogP contribution in [0.25, 0.3) is 0 Å². The lowest BCUT2D eigenvalue weighted by atomic mass is 9.85. The predicted octanol–water partition coefficient (Wildman–Crippen LogP) is 2.28. The lowest BCUT2D eigenvalue weighted by Crippen LogP contribution is -2.39. The van der Waals surface area contributed by atoms with Gasteiger partial charge in [0.1, 0.15) is 0 Å². The van der Waals surface area contributed by atoms with Gasteiger partial charge in [-0.3, -0.25) is 0 Å². The topological polar surface area (TPSA) is 74.6 Å². The Kier molecular flexibility index (Phi) is 6.78. The molecule has 4 nitrogen and oxygen atoms in total. The highest BCUT2D eigenvalue weighted by Crippen LogP contribution is 2.24. The van der Waals surface area contributed by atoms with Crippen LogP contribution in [0.2, 0.25) is 0 Å². The third-order valence-electron chi connectivity index (χ3n) is 4.16. The molecule has 0 aliphatic heterocycles. The van der Waals surface area contributed by atoms with Crippen LogP contribution in [-0.4, -0.2) is 36.6 Å². The molecule has 0 spiro atoms. The van der Waals surface area contributed by atoms with Crippen LogP contribution >= 0.6 is 0 Å². The van der Waals surface area contributed by atoms with Crippen molar-refractivity contribution < 1.29 is 18.6 Å². The van der Waals surface area contributed by atoms with E-state index < -0.39 is 33.9 Å². The van der Waals surface area contributed by atoms with Crippen molar-refractivity contribution in [1.29, 1.82) is 0 Å². The Bertz CT molecular complexity index is 568. The summed E-state index contributed by atoms with van der Waals surface area (Å²) in [5.74, 6) is -1.24. The SMILES string of the molecule is C=C[C@@H](C)C(O)[C@@H](C)[C@H](O)C(C)CS(=O)(=O)c1ccccc1. The molecule has 1 aromatic rings. The van der Waals surface area contributed by atoms with Crippen molar-refractivity contribution in [3.8, 4) is 0 Å². The van der Waals surface area contributed by atoms with Crippen LogP contribution in [0.1, 0.15) is 20.8 Å². The molecule has 2 N–H and O–H groups in total. The zero-order chi connectivity index (χ0) is 16.9. The van der Waals surface area contributed by atoms with Crippen LogP contribution in [0, 0.1) is 17.8 Å². The van der Waals surface area contributed by atoms with E-state index in [0.717, 1.165) is 0 Å². The Hall–Kier alpha value is -1.17. The van der Waals surface area contributed by atoms with E-state index >= 15 is 0 Å². The molecule has 0 saturated carbocycles. The summed E-state index contributed by atoms with van der Waals surface area (Å²) in [4.78, 5) is 0.252. The molecule has 0 aliphatic carbocycles. The zero-order valence-corrected chi connectivity index (χ0v) is 14.2. The first-order chi connectivity index (χ1) is 10.2. The second-order valence-corrected chi connectivity index (χ2v) is 8.04. The Labute approximate surface area is 133 Å². The molecule has 0 fully saturated rings. The number of hydrogen-bond donors (Lipinski definition) is 2. The standard InChI is InChI=1S/C17H26O4S/c1-5-12(2)16(18)14(4)17(19)13(3)11-22(20,21)15-9-7-6-8-10-15/h5-10,12-14,16-19H,1,11H2,2-4H3/t12-,13?,14-,16?,17-/m1/s1. The van der Waals surface area contributed by atoms with E-state index in [0.29, 0.717) is 0 Å². The van der Waals surface area contributed by atoms with Gasteiger partial charge in [0.05, 0.1) is 22.9 Å². The van der Waals surface area contributed by atoms with Crippen molar-refractivity contribution in [2.24, 2.45) is 17.8 Å². The van der Waals surface area contributed by atoms with Crippen molar-refractivity contribution in [2.75, 3.05) is 5.75 Å². The maximum Gasteiger partial charge on any atom is 0.178 e. The number of benzene rings is 1. The highest BCUT2D eigenvalue weighted by atomic mass is 32.2. The van der Waals surface area contributed by atoms with Crippen molar-refractivity contribution >= 4 is 9.84 Å². The van der Waals surface area contributed by atoms with Crippen molar-refractivity contribution in [2.45, 2.75) is 37.9 Å². The molecule has 0 heterocycles. The summed E-state index contributed by atoms with van der Waals surface area (Å²) in [5, 5.41) is 20.5. The summed E-state index contributed by atoms with van der Waals surface area (Å²) in [6.07, 6.45) is -0.0375. The average Bonchev–Trinajstić information content (AvgIpc) is 2.52. The third kappa shape index (κ3) is 4.66. The van der Waals surface area contributed by atoms with E-state index in [1.54, 1.807) is 50.3 Å². The summed E-state index contributed by atoms with van der Waals surface area (Å²) < 4.78 is 24.7. The summed E-state index contributed by atoms with van der Waals surface area (Å²) >= 11 is 0. The van der Waals surface area contributed by atoms with Crippen LogP contribution in [0.15, 0.2) is 47.9 Å². The first-order valence-electron chi connectivity index (χ1n) is 7.47. The third-order valence-corrected chi connectivity index (χ3v) is 6.11. The predicted molar refractivity (Wildman–Crippen MR) is 88.2 cm³/mol. The monoisotopic (exact) mass is 326 g/mol. The maximum absolute atomic E-state index is 12.3. The van der Waals surface area contributed by atoms with Crippen molar-refractivity contribution in [3.63, 3.8) is 0 Å². The van der Waals surface area contributed by atoms with Crippen LogP contribution in [0.3, 0.4) is 0 Å². The lowest BCUT2D eigenvalue weighted by molar-refractivity contribution is -0.0159. The lowest BCUT2D eigenvalue weighted by Gasteiger charge is -2.30. The van der Waals surface area contributed by atoms with Crippen LogP contribution < -0.4 is 0 Å². The molecule has 0 radical (unpaired) electrons. The summed E-state index contributed by atoms with van der Waals surface area (Å²) in [6, 6.07) is 8.20. The first kappa shape index (κ1) is 18.9. The molecule has 1 aromatic carbocycles. The van der Waals surface area contributed by atoms with E-state index in [1.165, 1.54) is 0 Å². The first-order valence-corrected chi connectivity index (χ1v) is 9.12. The molecule has 0 aliphatic rings. The summed E-state index contributed by atoms with van der Waals surface area (Å²) in [7, 11) is -3.45. The second kappa shape index (κ2) is 7.90. The Balaban J connectivity index is 2.79. The minimum absolute atomic E-state index is 0.155. The van der Waals surface area contributed by atoms with E-state index in [4.69, 9.17) is 0 Å². The van der Waals surface area contributed by atoms with Crippen molar-refractivity contribution in [1.82, 2.24) is 0 Å². The van der Waals surface area contributed by atoms with Gasteiger partial charge in [-0.15, -0.1) is 6.58 Å². The number of hydrogen-bond acceptors (Lipinski definition) is 4.